The van der Waals surface area contributed by atoms with Gasteiger partial charge in [0, 0.05) is 11.0 Å². The molecular formula is C17H20F3N3O. The van der Waals surface area contributed by atoms with Crippen molar-refractivity contribution in [2.45, 2.75) is 40.3 Å². The van der Waals surface area contributed by atoms with Gasteiger partial charge >= 0.3 is 6.18 Å². The molecule has 7 heteroatoms. The molecule has 0 bridgehead atoms. The number of carbonyl (C=O) groups excluding carboxylic acids is 1. The van der Waals surface area contributed by atoms with Crippen LogP contribution in [0.25, 0.3) is 11.3 Å². The lowest BCUT2D eigenvalue weighted by Crippen LogP contribution is -2.28. The molecule has 2 rings (SSSR count). The molecule has 2 N–H and O–H groups in total. The average molecular weight is 339 g/mol. The van der Waals surface area contributed by atoms with Gasteiger partial charge in [-0.3, -0.25) is 9.89 Å². The van der Waals surface area contributed by atoms with Crippen LogP contribution in [0.4, 0.5) is 18.9 Å². The molecule has 24 heavy (non-hydrogen) atoms. The Morgan fingerprint density at radius 1 is 1.25 bits per heavy atom. The van der Waals surface area contributed by atoms with Crippen molar-refractivity contribution in [1.29, 1.82) is 0 Å². The second kappa shape index (κ2) is 6.30. The predicted octanol–water partition coefficient (Wildman–Crippen LogP) is 4.64. The van der Waals surface area contributed by atoms with Crippen LogP contribution in [-0.2, 0) is 17.4 Å². The van der Waals surface area contributed by atoms with Gasteiger partial charge in [-0.15, -0.1) is 0 Å². The first-order valence-electron chi connectivity index (χ1n) is 7.60. The Morgan fingerprint density at radius 2 is 1.92 bits per heavy atom. The van der Waals surface area contributed by atoms with E-state index < -0.39 is 17.2 Å². The lowest BCUT2D eigenvalue weighted by Gasteiger charge is -2.18. The summed E-state index contributed by atoms with van der Waals surface area (Å²) in [5, 5.41) is 9.69. The highest BCUT2D eigenvalue weighted by Gasteiger charge is 2.31. The van der Waals surface area contributed by atoms with Crippen molar-refractivity contribution in [1.82, 2.24) is 10.2 Å². The quantitative estimate of drug-likeness (QED) is 0.856. The molecule has 0 aliphatic rings. The number of amides is 1. The molecule has 1 aromatic heterocycles. The summed E-state index contributed by atoms with van der Waals surface area (Å²) in [4.78, 5) is 12.3. The standard InChI is InChI=1S/C17H20F3N3O/c1-5-12-14(21-15(24)16(2,3)4)13(23-22-12)10-7-6-8-11(9-10)17(18,19)20/h6-9H,5H2,1-4H3,(H,21,24)(H,22,23). The Morgan fingerprint density at radius 3 is 2.46 bits per heavy atom. The van der Waals surface area contributed by atoms with Crippen molar-refractivity contribution in [3.63, 3.8) is 0 Å². The van der Waals surface area contributed by atoms with Gasteiger partial charge in [0.1, 0.15) is 5.69 Å². The van der Waals surface area contributed by atoms with E-state index in [4.69, 9.17) is 0 Å². The number of alkyl halides is 3. The summed E-state index contributed by atoms with van der Waals surface area (Å²) in [6, 6.07) is 4.90. The van der Waals surface area contributed by atoms with E-state index in [1.54, 1.807) is 20.8 Å². The monoisotopic (exact) mass is 339 g/mol. The molecule has 0 spiro atoms. The van der Waals surface area contributed by atoms with E-state index in [1.165, 1.54) is 12.1 Å². The lowest BCUT2D eigenvalue weighted by molar-refractivity contribution is -0.137. The number of anilines is 1. The number of hydrogen-bond acceptors (Lipinski definition) is 2. The van der Waals surface area contributed by atoms with Gasteiger partial charge in [0.2, 0.25) is 5.91 Å². The third-order valence-corrected chi connectivity index (χ3v) is 3.58. The second-order valence-corrected chi connectivity index (χ2v) is 6.56. The molecule has 0 saturated carbocycles. The van der Waals surface area contributed by atoms with Crippen molar-refractivity contribution in [3.05, 3.63) is 35.5 Å². The molecule has 0 atom stereocenters. The first kappa shape index (κ1) is 18.0. The zero-order chi connectivity index (χ0) is 18.1. The fourth-order valence-electron chi connectivity index (χ4n) is 2.12. The van der Waals surface area contributed by atoms with Crippen LogP contribution in [0.5, 0.6) is 0 Å². The maximum absolute atomic E-state index is 12.9. The van der Waals surface area contributed by atoms with Crippen molar-refractivity contribution in [3.8, 4) is 11.3 Å². The highest BCUT2D eigenvalue weighted by Crippen LogP contribution is 2.35. The number of halogens is 3. The predicted molar refractivity (Wildman–Crippen MR) is 86.5 cm³/mol. The number of benzene rings is 1. The minimum absolute atomic E-state index is 0.230. The summed E-state index contributed by atoms with van der Waals surface area (Å²) in [5.74, 6) is -0.230. The number of rotatable bonds is 3. The van der Waals surface area contributed by atoms with Crippen molar-refractivity contribution in [2.24, 2.45) is 5.41 Å². The average Bonchev–Trinajstić information content (AvgIpc) is 2.88. The Balaban J connectivity index is 2.49. The molecule has 1 amide bonds. The first-order chi connectivity index (χ1) is 11.0. The van der Waals surface area contributed by atoms with Gasteiger partial charge < -0.3 is 5.32 Å². The summed E-state index contributed by atoms with van der Waals surface area (Å²) in [6.07, 6.45) is -3.87. The number of aryl methyl sites for hydroxylation is 1. The summed E-state index contributed by atoms with van der Waals surface area (Å²) in [7, 11) is 0. The number of nitrogens with one attached hydrogen (secondary N) is 2. The van der Waals surface area contributed by atoms with E-state index in [9.17, 15) is 18.0 Å². The SMILES string of the molecule is CCc1[nH]nc(-c2cccc(C(F)(F)F)c2)c1NC(=O)C(C)(C)C. The van der Waals surface area contributed by atoms with E-state index in [2.05, 4.69) is 15.5 Å². The van der Waals surface area contributed by atoms with Crippen LogP contribution < -0.4 is 5.32 Å². The van der Waals surface area contributed by atoms with E-state index in [0.29, 0.717) is 29.1 Å². The number of hydrogen-bond donors (Lipinski definition) is 2. The zero-order valence-electron chi connectivity index (χ0n) is 14.0. The van der Waals surface area contributed by atoms with Gasteiger partial charge in [-0.05, 0) is 18.6 Å². The zero-order valence-corrected chi connectivity index (χ0v) is 14.0. The maximum Gasteiger partial charge on any atom is 0.416 e. The molecule has 0 saturated heterocycles. The van der Waals surface area contributed by atoms with Crippen LogP contribution in [-0.4, -0.2) is 16.1 Å². The van der Waals surface area contributed by atoms with Gasteiger partial charge in [0.15, 0.2) is 0 Å². The van der Waals surface area contributed by atoms with Crippen LogP contribution >= 0.6 is 0 Å². The number of nitrogens with zero attached hydrogens (tertiary/aromatic N) is 1. The normalized spacial score (nSPS) is 12.3. The van der Waals surface area contributed by atoms with Gasteiger partial charge in [0.25, 0.3) is 0 Å². The summed E-state index contributed by atoms with van der Waals surface area (Å²) in [6.45, 7) is 7.16. The highest BCUT2D eigenvalue weighted by atomic mass is 19.4. The van der Waals surface area contributed by atoms with E-state index in [-0.39, 0.29) is 5.91 Å². The molecule has 1 heterocycles. The highest BCUT2D eigenvalue weighted by molar-refractivity contribution is 5.98. The minimum atomic E-state index is -4.44. The molecule has 0 fully saturated rings. The largest absolute Gasteiger partial charge is 0.416 e. The van der Waals surface area contributed by atoms with Crippen LogP contribution in [0, 0.1) is 5.41 Å². The minimum Gasteiger partial charge on any atom is -0.322 e. The molecule has 0 unspecified atom stereocenters. The lowest BCUT2D eigenvalue weighted by atomic mass is 9.95. The van der Waals surface area contributed by atoms with Crippen LogP contribution in [0.15, 0.2) is 24.3 Å². The van der Waals surface area contributed by atoms with Crippen molar-refractivity contribution >= 4 is 11.6 Å². The number of aromatic nitrogens is 2. The Kier molecular flexibility index (Phi) is 4.73. The third kappa shape index (κ3) is 3.77. The van der Waals surface area contributed by atoms with Crippen molar-refractivity contribution < 1.29 is 18.0 Å². The Hall–Kier alpha value is -2.31. The molecule has 0 aliphatic heterocycles. The third-order valence-electron chi connectivity index (χ3n) is 3.58. The van der Waals surface area contributed by atoms with Crippen LogP contribution in [0.2, 0.25) is 0 Å². The van der Waals surface area contributed by atoms with Gasteiger partial charge in [-0.1, -0.05) is 39.8 Å². The fraction of sp³-hybridized carbons (Fsp3) is 0.412. The molecule has 4 nitrogen and oxygen atoms in total. The second-order valence-electron chi connectivity index (χ2n) is 6.56. The summed E-state index contributed by atoms with van der Waals surface area (Å²) >= 11 is 0. The van der Waals surface area contributed by atoms with Gasteiger partial charge in [-0.2, -0.15) is 18.3 Å². The summed E-state index contributed by atoms with van der Waals surface area (Å²) in [5.41, 5.74) is 0.305. The fourth-order valence-corrected chi connectivity index (χ4v) is 2.12. The van der Waals surface area contributed by atoms with E-state index in [0.717, 1.165) is 12.1 Å². The Bertz CT molecular complexity index is 742. The first-order valence-corrected chi connectivity index (χ1v) is 7.60. The Labute approximate surface area is 138 Å². The molecule has 0 radical (unpaired) electrons. The number of H-pyrrole nitrogens is 1. The molecule has 0 aliphatic carbocycles. The number of aromatic amines is 1. The smallest absolute Gasteiger partial charge is 0.322 e. The number of carbonyl (C=O) groups is 1. The molecule has 2 aromatic rings. The van der Waals surface area contributed by atoms with Gasteiger partial charge in [0.05, 0.1) is 16.9 Å². The molecule has 130 valence electrons. The van der Waals surface area contributed by atoms with Crippen molar-refractivity contribution in [2.75, 3.05) is 5.32 Å². The van der Waals surface area contributed by atoms with E-state index >= 15 is 0 Å². The molecule has 1 aromatic carbocycles. The summed E-state index contributed by atoms with van der Waals surface area (Å²) < 4.78 is 38.8. The molecular weight excluding hydrogens is 319 g/mol. The van der Waals surface area contributed by atoms with Gasteiger partial charge in [-0.25, -0.2) is 0 Å². The van der Waals surface area contributed by atoms with E-state index in [1.807, 2.05) is 6.92 Å². The topological polar surface area (TPSA) is 57.8 Å². The van der Waals surface area contributed by atoms with Crippen LogP contribution in [0.1, 0.15) is 39.0 Å². The van der Waals surface area contributed by atoms with Crippen LogP contribution in [0.3, 0.4) is 0 Å². The maximum atomic E-state index is 12.9.